The molecule has 0 aliphatic carbocycles. The van der Waals surface area contributed by atoms with Crippen molar-refractivity contribution in [3.8, 4) is 5.88 Å². The summed E-state index contributed by atoms with van der Waals surface area (Å²) in [6.07, 6.45) is 0.888. The maximum atomic E-state index is 5.93. The number of methoxy groups -OCH3 is 2. The second-order valence-electron chi connectivity index (χ2n) is 4.28. The van der Waals surface area contributed by atoms with Gasteiger partial charge in [0.15, 0.2) is 5.82 Å². The third kappa shape index (κ3) is 3.73. The zero-order valence-corrected chi connectivity index (χ0v) is 11.5. The molecular formula is C12H22N4O2. The number of nitrogens with two attached hydrogens (primary N) is 1. The molecule has 0 saturated carbocycles. The van der Waals surface area contributed by atoms with Crippen molar-refractivity contribution in [2.75, 3.05) is 38.4 Å². The van der Waals surface area contributed by atoms with E-state index in [0.29, 0.717) is 24.0 Å². The van der Waals surface area contributed by atoms with Crippen LogP contribution in [0.1, 0.15) is 32.0 Å². The minimum absolute atomic E-state index is 0.221. The molecule has 1 heterocycles. The van der Waals surface area contributed by atoms with Crippen LogP contribution < -0.4 is 15.8 Å². The molecule has 0 aliphatic heterocycles. The molecule has 0 bridgehead atoms. The minimum atomic E-state index is 0.221. The number of nitrogens with one attached hydrogen (secondary N) is 1. The molecule has 6 heteroatoms. The Morgan fingerprint density at radius 3 is 2.56 bits per heavy atom. The lowest BCUT2D eigenvalue weighted by molar-refractivity contribution is 0.198. The Morgan fingerprint density at radius 1 is 1.28 bits per heavy atom. The number of rotatable bonds is 7. The van der Waals surface area contributed by atoms with E-state index in [4.69, 9.17) is 15.2 Å². The zero-order valence-electron chi connectivity index (χ0n) is 11.5. The zero-order chi connectivity index (χ0) is 13.5. The Balaban J connectivity index is 2.84. The second-order valence-corrected chi connectivity index (χ2v) is 4.28. The Labute approximate surface area is 108 Å². The molecule has 0 aromatic carbocycles. The average molecular weight is 254 g/mol. The lowest BCUT2D eigenvalue weighted by atomic mass is 10.2. The molecule has 1 aromatic heterocycles. The van der Waals surface area contributed by atoms with E-state index >= 15 is 0 Å². The Kier molecular flexibility index (Phi) is 5.64. The first-order valence-corrected chi connectivity index (χ1v) is 6.04. The van der Waals surface area contributed by atoms with Gasteiger partial charge in [-0.15, -0.1) is 0 Å². The van der Waals surface area contributed by atoms with Gasteiger partial charge in [0.2, 0.25) is 5.88 Å². The van der Waals surface area contributed by atoms with Gasteiger partial charge in [-0.2, -0.15) is 4.98 Å². The molecule has 3 N–H and O–H groups in total. The molecule has 1 rings (SSSR count). The van der Waals surface area contributed by atoms with Crippen LogP contribution in [0, 0.1) is 0 Å². The molecule has 18 heavy (non-hydrogen) atoms. The molecule has 0 atom stereocenters. The summed E-state index contributed by atoms with van der Waals surface area (Å²) in [4.78, 5) is 8.68. The van der Waals surface area contributed by atoms with E-state index in [1.807, 2.05) is 13.8 Å². The van der Waals surface area contributed by atoms with Crippen molar-refractivity contribution in [1.29, 1.82) is 0 Å². The van der Waals surface area contributed by atoms with Crippen LogP contribution in [-0.2, 0) is 4.74 Å². The molecule has 0 saturated heterocycles. The number of anilines is 2. The summed E-state index contributed by atoms with van der Waals surface area (Å²) in [5, 5.41) is 3.18. The van der Waals surface area contributed by atoms with Crippen LogP contribution in [0.2, 0.25) is 0 Å². The van der Waals surface area contributed by atoms with Crippen molar-refractivity contribution in [2.45, 2.75) is 26.2 Å². The predicted octanol–water partition coefficient (Wildman–Crippen LogP) is 1.64. The van der Waals surface area contributed by atoms with Gasteiger partial charge in [0.25, 0.3) is 0 Å². The third-order valence-electron chi connectivity index (χ3n) is 2.46. The van der Waals surface area contributed by atoms with Gasteiger partial charge in [0.1, 0.15) is 11.5 Å². The molecule has 0 unspecified atom stereocenters. The summed E-state index contributed by atoms with van der Waals surface area (Å²) < 4.78 is 10.2. The van der Waals surface area contributed by atoms with E-state index in [1.165, 1.54) is 0 Å². The summed E-state index contributed by atoms with van der Waals surface area (Å²) in [6.45, 7) is 5.50. The van der Waals surface area contributed by atoms with Gasteiger partial charge in [0, 0.05) is 26.2 Å². The van der Waals surface area contributed by atoms with Crippen molar-refractivity contribution < 1.29 is 9.47 Å². The van der Waals surface area contributed by atoms with Gasteiger partial charge in [-0.3, -0.25) is 0 Å². The second kappa shape index (κ2) is 7.00. The average Bonchev–Trinajstić information content (AvgIpc) is 2.36. The summed E-state index contributed by atoms with van der Waals surface area (Å²) in [5.41, 5.74) is 6.38. The number of aromatic nitrogens is 2. The summed E-state index contributed by atoms with van der Waals surface area (Å²) in [6, 6.07) is 0. The minimum Gasteiger partial charge on any atom is -0.479 e. The van der Waals surface area contributed by atoms with E-state index in [1.54, 1.807) is 14.2 Å². The first-order valence-electron chi connectivity index (χ1n) is 6.04. The van der Waals surface area contributed by atoms with Crippen molar-refractivity contribution in [1.82, 2.24) is 9.97 Å². The van der Waals surface area contributed by atoms with Crippen molar-refractivity contribution in [3.63, 3.8) is 0 Å². The van der Waals surface area contributed by atoms with E-state index < -0.39 is 0 Å². The summed E-state index contributed by atoms with van der Waals surface area (Å²) >= 11 is 0. The highest BCUT2D eigenvalue weighted by Gasteiger charge is 2.13. The molecule has 102 valence electrons. The van der Waals surface area contributed by atoms with E-state index in [2.05, 4.69) is 15.3 Å². The topological polar surface area (TPSA) is 82.3 Å². The highest BCUT2D eigenvalue weighted by molar-refractivity contribution is 5.66. The monoisotopic (exact) mass is 254 g/mol. The lowest BCUT2D eigenvalue weighted by Gasteiger charge is -2.14. The molecule has 0 fully saturated rings. The van der Waals surface area contributed by atoms with Crippen LogP contribution in [0.3, 0.4) is 0 Å². The van der Waals surface area contributed by atoms with Crippen LogP contribution in [0.4, 0.5) is 11.5 Å². The third-order valence-corrected chi connectivity index (χ3v) is 2.46. The fraction of sp³-hybridized carbons (Fsp3) is 0.667. The lowest BCUT2D eigenvalue weighted by Crippen LogP contribution is -2.12. The van der Waals surface area contributed by atoms with Crippen molar-refractivity contribution in [2.24, 2.45) is 0 Å². The van der Waals surface area contributed by atoms with Crippen LogP contribution in [-0.4, -0.2) is 37.3 Å². The van der Waals surface area contributed by atoms with Crippen LogP contribution in [0.15, 0.2) is 0 Å². The standard InChI is InChI=1S/C12H22N4O2/c1-8(2)10-15-11(14-6-5-7-17-3)9(13)12(16-10)18-4/h8H,5-7,13H2,1-4H3,(H,14,15,16). The summed E-state index contributed by atoms with van der Waals surface area (Å²) in [5.74, 6) is 1.99. The largest absolute Gasteiger partial charge is 0.479 e. The number of nitrogens with zero attached hydrogens (tertiary/aromatic N) is 2. The van der Waals surface area contributed by atoms with Gasteiger partial charge in [-0.25, -0.2) is 4.98 Å². The normalized spacial score (nSPS) is 10.7. The van der Waals surface area contributed by atoms with Gasteiger partial charge < -0.3 is 20.5 Å². The molecule has 0 aliphatic rings. The highest BCUT2D eigenvalue weighted by atomic mass is 16.5. The van der Waals surface area contributed by atoms with E-state index in [-0.39, 0.29) is 5.92 Å². The van der Waals surface area contributed by atoms with Gasteiger partial charge >= 0.3 is 0 Å². The molecule has 6 nitrogen and oxygen atoms in total. The van der Waals surface area contributed by atoms with E-state index in [0.717, 1.165) is 18.8 Å². The maximum absolute atomic E-state index is 5.93. The van der Waals surface area contributed by atoms with Crippen molar-refractivity contribution in [3.05, 3.63) is 5.82 Å². The molecule has 1 aromatic rings. The molecule has 0 spiro atoms. The first kappa shape index (κ1) is 14.5. The SMILES string of the molecule is COCCCNc1nc(C(C)C)nc(OC)c1N. The van der Waals surface area contributed by atoms with Gasteiger partial charge in [-0.05, 0) is 6.42 Å². The Bertz CT molecular complexity index is 383. The number of hydrogen-bond acceptors (Lipinski definition) is 6. The summed E-state index contributed by atoms with van der Waals surface area (Å²) in [7, 11) is 3.23. The predicted molar refractivity (Wildman–Crippen MR) is 72.1 cm³/mol. The molecule has 0 amide bonds. The highest BCUT2D eigenvalue weighted by Crippen LogP contribution is 2.27. The Hall–Kier alpha value is -1.56. The van der Waals surface area contributed by atoms with Crippen molar-refractivity contribution >= 4 is 11.5 Å². The fourth-order valence-electron chi connectivity index (χ4n) is 1.44. The molecule has 0 radical (unpaired) electrons. The van der Waals surface area contributed by atoms with Crippen LogP contribution in [0.5, 0.6) is 5.88 Å². The van der Waals surface area contributed by atoms with Crippen LogP contribution >= 0.6 is 0 Å². The van der Waals surface area contributed by atoms with Crippen LogP contribution in [0.25, 0.3) is 0 Å². The van der Waals surface area contributed by atoms with Gasteiger partial charge in [-0.1, -0.05) is 13.8 Å². The fourth-order valence-corrected chi connectivity index (χ4v) is 1.44. The number of nitrogen functional groups attached to an aromatic ring is 1. The maximum Gasteiger partial charge on any atom is 0.242 e. The smallest absolute Gasteiger partial charge is 0.242 e. The Morgan fingerprint density at radius 2 is 2.00 bits per heavy atom. The van der Waals surface area contributed by atoms with E-state index in [9.17, 15) is 0 Å². The van der Waals surface area contributed by atoms with Gasteiger partial charge in [0.05, 0.1) is 7.11 Å². The molecular weight excluding hydrogens is 232 g/mol. The number of hydrogen-bond donors (Lipinski definition) is 2. The quantitative estimate of drug-likeness (QED) is 0.720. The first-order chi connectivity index (χ1) is 8.60. The number of ether oxygens (including phenoxy) is 2.